The van der Waals surface area contributed by atoms with Crippen LogP contribution in [0.1, 0.15) is 67.2 Å². The van der Waals surface area contributed by atoms with Crippen molar-refractivity contribution in [2.45, 2.75) is 52.6 Å². The minimum absolute atomic E-state index is 0.0574. The van der Waals surface area contributed by atoms with Crippen LogP contribution < -0.4 is 9.47 Å². The summed E-state index contributed by atoms with van der Waals surface area (Å²) in [4.78, 5) is 36.9. The molecule has 0 unspecified atom stereocenters. The van der Waals surface area contributed by atoms with E-state index in [4.69, 9.17) is 37.9 Å². The second kappa shape index (κ2) is 22.5. The van der Waals surface area contributed by atoms with Crippen molar-refractivity contribution in [3.63, 3.8) is 0 Å². The predicted molar refractivity (Wildman–Crippen MR) is 216 cm³/mol. The first-order chi connectivity index (χ1) is 27.7. The quantitative estimate of drug-likeness (QED) is 0.0387. The second-order valence-electron chi connectivity index (χ2n) is 14.2. The summed E-state index contributed by atoms with van der Waals surface area (Å²) < 4.78 is 43.8. The highest BCUT2D eigenvalue weighted by Crippen LogP contribution is 2.27. The first-order valence-corrected chi connectivity index (χ1v) is 19.7. The van der Waals surface area contributed by atoms with Gasteiger partial charge in [-0.15, -0.1) is 0 Å². The van der Waals surface area contributed by atoms with Gasteiger partial charge in [0, 0.05) is 12.0 Å². The molecule has 11 heteroatoms. The molecule has 0 amide bonds. The minimum Gasteiger partial charge on any atom is -0.494 e. The first-order valence-electron chi connectivity index (χ1n) is 19.7. The van der Waals surface area contributed by atoms with E-state index in [-0.39, 0.29) is 31.8 Å². The first kappa shape index (κ1) is 42.9. The van der Waals surface area contributed by atoms with E-state index in [0.717, 1.165) is 80.1 Å². The van der Waals surface area contributed by atoms with Crippen LogP contribution in [0, 0.1) is 5.41 Å². The van der Waals surface area contributed by atoms with Gasteiger partial charge < -0.3 is 37.9 Å². The van der Waals surface area contributed by atoms with Crippen molar-refractivity contribution in [2.75, 3.05) is 66.1 Å². The molecule has 1 heterocycles. The maximum absolute atomic E-state index is 12.5. The van der Waals surface area contributed by atoms with Gasteiger partial charge in [0.1, 0.15) is 24.7 Å². The van der Waals surface area contributed by atoms with Crippen LogP contribution in [0.25, 0.3) is 22.3 Å². The zero-order valence-corrected chi connectivity index (χ0v) is 33.2. The van der Waals surface area contributed by atoms with Gasteiger partial charge in [-0.25, -0.2) is 14.4 Å². The summed E-state index contributed by atoms with van der Waals surface area (Å²) in [5.74, 6) is 0.0582. The predicted octanol–water partition coefficient (Wildman–Crippen LogP) is 8.37. The molecule has 57 heavy (non-hydrogen) atoms. The van der Waals surface area contributed by atoms with Gasteiger partial charge in [-0.05, 0) is 104 Å². The Morgan fingerprint density at radius 3 is 1.53 bits per heavy atom. The van der Waals surface area contributed by atoms with Crippen LogP contribution in [-0.4, -0.2) is 90.1 Å². The third-order valence-corrected chi connectivity index (χ3v) is 9.27. The molecule has 4 aromatic carbocycles. The molecule has 1 atom stereocenters. The molecule has 5 rings (SSSR count). The molecular formula is C46H54O11. The van der Waals surface area contributed by atoms with Gasteiger partial charge >= 0.3 is 17.9 Å². The summed E-state index contributed by atoms with van der Waals surface area (Å²) in [7, 11) is 0. The molecule has 11 nitrogen and oxygen atoms in total. The average Bonchev–Trinajstić information content (AvgIpc) is 3.22. The number of carbonyl (C=O) groups excluding carboxylic acids is 3. The number of unbranched alkanes of at least 4 members (excludes halogenated alkanes) is 3. The lowest BCUT2D eigenvalue weighted by molar-refractivity contribution is -0.150. The second-order valence-corrected chi connectivity index (χ2v) is 14.2. The smallest absolute Gasteiger partial charge is 0.347 e. The van der Waals surface area contributed by atoms with Crippen molar-refractivity contribution < 1.29 is 52.3 Å². The molecule has 4 aromatic rings. The zero-order valence-electron chi connectivity index (χ0n) is 33.2. The van der Waals surface area contributed by atoms with E-state index < -0.39 is 24.0 Å². The average molecular weight is 783 g/mol. The molecule has 0 radical (unpaired) electrons. The van der Waals surface area contributed by atoms with E-state index >= 15 is 0 Å². The zero-order chi connectivity index (χ0) is 40.3. The normalized spacial score (nSPS) is 13.5. The molecule has 0 spiro atoms. The van der Waals surface area contributed by atoms with Gasteiger partial charge in [0.2, 0.25) is 0 Å². The lowest BCUT2D eigenvalue weighted by atomic mass is 9.90. The highest BCUT2D eigenvalue weighted by atomic mass is 16.6. The molecule has 0 N–H and O–H groups in total. The molecule has 0 saturated carbocycles. The fourth-order valence-corrected chi connectivity index (χ4v) is 5.94. The van der Waals surface area contributed by atoms with Crippen molar-refractivity contribution in [2.24, 2.45) is 5.41 Å². The van der Waals surface area contributed by atoms with Gasteiger partial charge in [-0.1, -0.05) is 61.9 Å². The highest BCUT2D eigenvalue weighted by Gasteiger charge is 2.33. The van der Waals surface area contributed by atoms with Crippen LogP contribution >= 0.6 is 0 Å². The number of benzene rings is 4. The Balaban J connectivity index is 0.902. The van der Waals surface area contributed by atoms with E-state index in [1.165, 1.54) is 0 Å². The van der Waals surface area contributed by atoms with E-state index in [9.17, 15) is 14.4 Å². The molecule has 1 fully saturated rings. The van der Waals surface area contributed by atoms with Gasteiger partial charge in [-0.2, -0.15) is 0 Å². The number of hydrogen-bond acceptors (Lipinski definition) is 11. The SMILES string of the molecule is CCOC(=O)[C@@H](C)Oc1ccc(-c2ccc(C(=O)OCCOCCOC(=O)c3ccc(-c4ccc(OCCCCCCOCC5(C)COC5)cc4)cc3)cc2)cc1. The summed E-state index contributed by atoms with van der Waals surface area (Å²) in [6.45, 7) is 10.2. The Labute approximate surface area is 335 Å². The number of carbonyl (C=O) groups is 3. The fourth-order valence-electron chi connectivity index (χ4n) is 5.94. The van der Waals surface area contributed by atoms with E-state index in [1.807, 2.05) is 60.7 Å². The standard InChI is InChI=1S/C46H54O11/c1-4-53-43(47)34(2)57-42-23-19-38(20-24-42)36-11-15-40(16-12-36)45(49)56-30-28-50-27-29-55-44(48)39-13-9-35(10-14-39)37-17-21-41(22-18-37)54-26-8-6-5-7-25-51-31-46(3)32-52-33-46/h9-24,34H,4-8,25-33H2,1-3H3/t34-/m1/s1. The lowest BCUT2D eigenvalue weighted by Gasteiger charge is -2.37. The van der Waals surface area contributed by atoms with Crippen molar-refractivity contribution in [1.29, 1.82) is 0 Å². The van der Waals surface area contributed by atoms with Crippen LogP contribution in [-0.2, 0) is 33.2 Å². The molecule has 1 saturated heterocycles. The molecule has 0 aliphatic carbocycles. The Morgan fingerprint density at radius 1 is 0.579 bits per heavy atom. The fraction of sp³-hybridized carbons (Fsp3) is 0.413. The van der Waals surface area contributed by atoms with E-state index in [1.54, 1.807) is 50.2 Å². The molecule has 0 aromatic heterocycles. The Hall–Kier alpha value is -5.23. The van der Waals surface area contributed by atoms with Crippen molar-refractivity contribution in [3.05, 3.63) is 108 Å². The summed E-state index contributed by atoms with van der Waals surface area (Å²) in [5.41, 5.74) is 4.89. The van der Waals surface area contributed by atoms with Crippen LogP contribution in [0.5, 0.6) is 11.5 Å². The number of hydrogen-bond donors (Lipinski definition) is 0. The van der Waals surface area contributed by atoms with Crippen LogP contribution in [0.3, 0.4) is 0 Å². The van der Waals surface area contributed by atoms with E-state index in [2.05, 4.69) is 6.92 Å². The Morgan fingerprint density at radius 2 is 1.05 bits per heavy atom. The van der Waals surface area contributed by atoms with Gasteiger partial charge in [0.05, 0.1) is 57.4 Å². The van der Waals surface area contributed by atoms with Crippen LogP contribution in [0.2, 0.25) is 0 Å². The van der Waals surface area contributed by atoms with E-state index in [0.29, 0.717) is 30.1 Å². The van der Waals surface area contributed by atoms with Crippen LogP contribution in [0.4, 0.5) is 0 Å². The molecule has 0 bridgehead atoms. The van der Waals surface area contributed by atoms with Gasteiger partial charge in [0.15, 0.2) is 6.10 Å². The van der Waals surface area contributed by atoms with Crippen LogP contribution in [0.15, 0.2) is 97.1 Å². The molecule has 1 aliphatic rings. The third kappa shape index (κ3) is 14.0. The molecular weight excluding hydrogens is 728 g/mol. The summed E-state index contributed by atoms with van der Waals surface area (Å²) in [6.07, 6.45) is 3.59. The molecule has 1 aliphatic heterocycles. The topological polar surface area (TPSA) is 125 Å². The number of esters is 3. The lowest BCUT2D eigenvalue weighted by Crippen LogP contribution is -2.43. The summed E-state index contributed by atoms with van der Waals surface area (Å²) in [6, 6.07) is 29.5. The Kier molecular flexibility index (Phi) is 16.9. The number of ether oxygens (including phenoxy) is 8. The van der Waals surface area contributed by atoms with Crippen molar-refractivity contribution in [1.82, 2.24) is 0 Å². The maximum atomic E-state index is 12.5. The Bertz CT molecular complexity index is 1820. The van der Waals surface area contributed by atoms with Gasteiger partial charge in [-0.3, -0.25) is 0 Å². The van der Waals surface area contributed by atoms with Crippen molar-refractivity contribution >= 4 is 17.9 Å². The largest absolute Gasteiger partial charge is 0.494 e. The third-order valence-electron chi connectivity index (χ3n) is 9.27. The molecule has 304 valence electrons. The van der Waals surface area contributed by atoms with Crippen molar-refractivity contribution in [3.8, 4) is 33.8 Å². The maximum Gasteiger partial charge on any atom is 0.347 e. The minimum atomic E-state index is -0.708. The number of rotatable bonds is 24. The highest BCUT2D eigenvalue weighted by molar-refractivity contribution is 5.90. The monoisotopic (exact) mass is 782 g/mol. The van der Waals surface area contributed by atoms with Gasteiger partial charge in [0.25, 0.3) is 0 Å². The summed E-state index contributed by atoms with van der Waals surface area (Å²) >= 11 is 0. The summed E-state index contributed by atoms with van der Waals surface area (Å²) in [5, 5.41) is 0.